The molecule has 0 radical (unpaired) electrons. The molecule has 1 atom stereocenters. The number of rotatable bonds is 0. The van der Waals surface area contributed by atoms with Crippen LogP contribution in [-0.2, 0) is 5.54 Å². The van der Waals surface area contributed by atoms with Crippen molar-refractivity contribution in [1.82, 2.24) is 4.90 Å². The second-order valence-corrected chi connectivity index (χ2v) is 4.49. The summed E-state index contributed by atoms with van der Waals surface area (Å²) in [5.74, 6) is 0. The Kier molecular flexibility index (Phi) is 2.57. The molecule has 0 saturated carbocycles. The zero-order valence-electron chi connectivity index (χ0n) is 10.2. The number of urea groups is 1. The van der Waals surface area contributed by atoms with Crippen molar-refractivity contribution in [3.8, 4) is 0 Å². The minimum atomic E-state index is -4.53. The SMILES string of the molecule is CN1C(=O)N(C)[C@](C)(C(F)(F)F)c2ccccc21. The highest BCUT2D eigenvalue weighted by Gasteiger charge is 2.60. The quantitative estimate of drug-likeness (QED) is 0.701. The molecule has 0 saturated heterocycles. The van der Waals surface area contributed by atoms with Gasteiger partial charge >= 0.3 is 12.2 Å². The van der Waals surface area contributed by atoms with Gasteiger partial charge in [-0.15, -0.1) is 0 Å². The van der Waals surface area contributed by atoms with Crippen molar-refractivity contribution < 1.29 is 18.0 Å². The number of para-hydroxylation sites is 1. The summed E-state index contributed by atoms with van der Waals surface area (Å²) in [4.78, 5) is 13.9. The summed E-state index contributed by atoms with van der Waals surface area (Å²) < 4.78 is 40.0. The fourth-order valence-corrected chi connectivity index (χ4v) is 2.22. The minimum absolute atomic E-state index is 0.0853. The van der Waals surface area contributed by atoms with Crippen LogP contribution in [0.5, 0.6) is 0 Å². The highest BCUT2D eigenvalue weighted by atomic mass is 19.4. The number of carbonyl (C=O) groups excluding carboxylic acids is 1. The van der Waals surface area contributed by atoms with E-state index >= 15 is 0 Å². The van der Waals surface area contributed by atoms with Crippen LogP contribution in [0.2, 0.25) is 0 Å². The largest absolute Gasteiger partial charge is 0.415 e. The van der Waals surface area contributed by atoms with Gasteiger partial charge in [0.15, 0.2) is 5.54 Å². The Balaban J connectivity index is 2.75. The lowest BCUT2D eigenvalue weighted by Crippen LogP contribution is -2.61. The molecular weight excluding hydrogens is 245 g/mol. The van der Waals surface area contributed by atoms with E-state index in [1.54, 1.807) is 12.1 Å². The fraction of sp³-hybridized carbons (Fsp3) is 0.417. The third-order valence-corrected chi connectivity index (χ3v) is 3.59. The first kappa shape index (κ1) is 12.7. The Morgan fingerprint density at radius 2 is 1.72 bits per heavy atom. The number of benzene rings is 1. The maximum Gasteiger partial charge on any atom is 0.415 e. The minimum Gasteiger partial charge on any atom is -0.309 e. The van der Waals surface area contributed by atoms with Crippen molar-refractivity contribution in [1.29, 1.82) is 0 Å². The molecule has 0 unspecified atom stereocenters. The molecule has 1 aliphatic heterocycles. The lowest BCUT2D eigenvalue weighted by molar-refractivity contribution is -0.219. The highest BCUT2D eigenvalue weighted by molar-refractivity contribution is 5.95. The van der Waals surface area contributed by atoms with Gasteiger partial charge in [0.25, 0.3) is 0 Å². The normalized spacial score (nSPS) is 24.2. The summed E-state index contributed by atoms with van der Waals surface area (Å²) in [5, 5.41) is 0. The van der Waals surface area contributed by atoms with Gasteiger partial charge in [-0.05, 0) is 13.0 Å². The van der Waals surface area contributed by atoms with Crippen LogP contribution in [0, 0.1) is 0 Å². The summed E-state index contributed by atoms with van der Waals surface area (Å²) in [7, 11) is 2.63. The molecule has 1 heterocycles. The van der Waals surface area contributed by atoms with E-state index in [0.29, 0.717) is 5.69 Å². The van der Waals surface area contributed by atoms with E-state index in [4.69, 9.17) is 0 Å². The molecule has 0 aromatic heterocycles. The zero-order valence-corrected chi connectivity index (χ0v) is 10.2. The number of hydrogen-bond acceptors (Lipinski definition) is 1. The van der Waals surface area contributed by atoms with E-state index in [0.717, 1.165) is 11.8 Å². The van der Waals surface area contributed by atoms with Crippen LogP contribution < -0.4 is 4.90 Å². The predicted octanol–water partition coefficient (Wildman–Crippen LogP) is 2.97. The molecule has 1 aliphatic rings. The van der Waals surface area contributed by atoms with E-state index in [2.05, 4.69) is 0 Å². The second kappa shape index (κ2) is 3.63. The van der Waals surface area contributed by atoms with E-state index in [1.165, 1.54) is 31.1 Å². The average molecular weight is 258 g/mol. The number of alkyl halides is 3. The molecule has 0 fully saturated rings. The smallest absolute Gasteiger partial charge is 0.309 e. The van der Waals surface area contributed by atoms with E-state index < -0.39 is 17.7 Å². The lowest BCUT2D eigenvalue weighted by Gasteiger charge is -2.47. The van der Waals surface area contributed by atoms with Gasteiger partial charge in [-0.25, -0.2) is 4.79 Å². The molecular formula is C12H13F3N2O. The first-order valence-corrected chi connectivity index (χ1v) is 5.39. The van der Waals surface area contributed by atoms with Gasteiger partial charge in [0.1, 0.15) is 0 Å². The monoisotopic (exact) mass is 258 g/mol. The molecule has 1 aromatic carbocycles. The van der Waals surface area contributed by atoms with E-state index in [1.807, 2.05) is 0 Å². The van der Waals surface area contributed by atoms with E-state index in [9.17, 15) is 18.0 Å². The Hall–Kier alpha value is -1.72. The summed E-state index contributed by atoms with van der Waals surface area (Å²) in [6.45, 7) is 1.02. The molecule has 1 aromatic rings. The number of carbonyl (C=O) groups is 1. The van der Waals surface area contributed by atoms with Crippen LogP contribution in [0.1, 0.15) is 12.5 Å². The summed E-state index contributed by atoms with van der Waals surface area (Å²) >= 11 is 0. The number of fused-ring (bicyclic) bond motifs is 1. The van der Waals surface area contributed by atoms with E-state index in [-0.39, 0.29) is 5.56 Å². The van der Waals surface area contributed by atoms with Crippen LogP contribution in [0.15, 0.2) is 24.3 Å². The lowest BCUT2D eigenvalue weighted by atomic mass is 9.86. The highest BCUT2D eigenvalue weighted by Crippen LogP contribution is 2.49. The van der Waals surface area contributed by atoms with Crippen molar-refractivity contribution in [3.05, 3.63) is 29.8 Å². The molecule has 2 rings (SSSR count). The van der Waals surface area contributed by atoms with Gasteiger partial charge in [-0.2, -0.15) is 13.2 Å². The second-order valence-electron chi connectivity index (χ2n) is 4.49. The zero-order chi connectivity index (χ0) is 13.7. The van der Waals surface area contributed by atoms with Gasteiger partial charge in [0, 0.05) is 19.7 Å². The number of hydrogen-bond donors (Lipinski definition) is 0. The van der Waals surface area contributed by atoms with Crippen molar-refractivity contribution in [2.45, 2.75) is 18.6 Å². The fourth-order valence-electron chi connectivity index (χ4n) is 2.22. The Morgan fingerprint density at radius 1 is 1.17 bits per heavy atom. The molecule has 6 heteroatoms. The summed E-state index contributed by atoms with van der Waals surface area (Å²) in [6.07, 6.45) is -4.53. The molecule has 18 heavy (non-hydrogen) atoms. The predicted molar refractivity (Wildman–Crippen MR) is 61.4 cm³/mol. The van der Waals surface area contributed by atoms with Crippen LogP contribution in [0.4, 0.5) is 23.7 Å². The third kappa shape index (κ3) is 1.41. The summed E-state index contributed by atoms with van der Waals surface area (Å²) in [6, 6.07) is 5.41. The Labute approximate surface area is 103 Å². The number of halogens is 3. The topological polar surface area (TPSA) is 23.6 Å². The molecule has 0 N–H and O–H groups in total. The average Bonchev–Trinajstić information content (AvgIpc) is 2.32. The van der Waals surface area contributed by atoms with Gasteiger partial charge in [0.05, 0.1) is 5.69 Å². The maximum absolute atomic E-state index is 13.3. The molecule has 0 spiro atoms. The number of anilines is 1. The van der Waals surface area contributed by atoms with Crippen LogP contribution >= 0.6 is 0 Å². The first-order chi connectivity index (χ1) is 8.21. The van der Waals surface area contributed by atoms with Gasteiger partial charge in [-0.3, -0.25) is 4.90 Å². The first-order valence-electron chi connectivity index (χ1n) is 5.39. The van der Waals surface area contributed by atoms with Crippen molar-refractivity contribution in [3.63, 3.8) is 0 Å². The number of nitrogens with zero attached hydrogens (tertiary/aromatic N) is 2. The van der Waals surface area contributed by atoms with Crippen LogP contribution in [0.25, 0.3) is 0 Å². The van der Waals surface area contributed by atoms with Gasteiger partial charge in [0.2, 0.25) is 0 Å². The maximum atomic E-state index is 13.3. The third-order valence-electron chi connectivity index (χ3n) is 3.59. The van der Waals surface area contributed by atoms with Crippen LogP contribution in [-0.4, -0.2) is 31.2 Å². The van der Waals surface area contributed by atoms with Gasteiger partial charge in [-0.1, -0.05) is 18.2 Å². The van der Waals surface area contributed by atoms with Crippen LogP contribution in [0.3, 0.4) is 0 Å². The number of amides is 2. The summed E-state index contributed by atoms with van der Waals surface area (Å²) in [5.41, 5.74) is -1.92. The van der Waals surface area contributed by atoms with Gasteiger partial charge < -0.3 is 4.90 Å². The molecule has 0 bridgehead atoms. The Bertz CT molecular complexity index is 500. The standard InChI is InChI=1S/C12H13F3N2O/c1-11(12(13,14)15)8-6-4-5-7-9(8)16(2)10(18)17(11)3/h4-7H,1-3H3/t11-/m0/s1. The van der Waals surface area contributed by atoms with Crippen molar-refractivity contribution >= 4 is 11.7 Å². The van der Waals surface area contributed by atoms with Crippen molar-refractivity contribution in [2.24, 2.45) is 0 Å². The molecule has 0 aliphatic carbocycles. The molecule has 98 valence electrons. The molecule has 3 nitrogen and oxygen atoms in total. The van der Waals surface area contributed by atoms with Crippen molar-refractivity contribution in [2.75, 3.05) is 19.0 Å². The molecule has 2 amide bonds. The Morgan fingerprint density at radius 3 is 2.28 bits per heavy atom.